The zero-order chi connectivity index (χ0) is 14.6. The Hall–Kier alpha value is -1.68. The van der Waals surface area contributed by atoms with Crippen molar-refractivity contribution >= 4 is 21.4 Å². The zero-order valence-electron chi connectivity index (χ0n) is 11.0. The van der Waals surface area contributed by atoms with Crippen LogP contribution in [-0.4, -0.2) is 8.42 Å². The van der Waals surface area contributed by atoms with Gasteiger partial charge in [-0.05, 0) is 35.6 Å². The molecule has 20 heavy (non-hydrogen) atoms. The van der Waals surface area contributed by atoms with Gasteiger partial charge in [0.05, 0.1) is 10.5 Å². The van der Waals surface area contributed by atoms with Crippen LogP contribution in [-0.2, 0) is 23.0 Å². The van der Waals surface area contributed by atoms with Crippen LogP contribution in [0.4, 0.5) is 0 Å². The Morgan fingerprint density at radius 1 is 1.30 bits per heavy atom. The minimum atomic E-state index is -3.67. The molecule has 1 aromatic carbocycles. The number of sulfonamides is 1. The van der Waals surface area contributed by atoms with E-state index in [0.29, 0.717) is 0 Å². The Morgan fingerprint density at radius 3 is 2.75 bits per heavy atom. The molecule has 6 heteroatoms. The first-order chi connectivity index (χ1) is 9.58. The molecule has 2 rings (SSSR count). The average molecular weight is 306 g/mol. The van der Waals surface area contributed by atoms with E-state index in [9.17, 15) is 8.42 Å². The maximum Gasteiger partial charge on any atom is 0.242 e. The van der Waals surface area contributed by atoms with E-state index in [1.165, 1.54) is 23.5 Å². The summed E-state index contributed by atoms with van der Waals surface area (Å²) in [7, 11) is -3.67. The third kappa shape index (κ3) is 3.07. The molecule has 4 nitrogen and oxygen atoms in total. The van der Waals surface area contributed by atoms with Gasteiger partial charge in [0.1, 0.15) is 6.07 Å². The number of aryl methyl sites for hydroxylation is 1. The Kier molecular flexibility index (Phi) is 4.55. The number of nitrogens with zero attached hydrogens (tertiary/aromatic N) is 1. The van der Waals surface area contributed by atoms with Gasteiger partial charge in [0.25, 0.3) is 0 Å². The lowest BCUT2D eigenvalue weighted by Gasteiger charge is -2.08. The van der Waals surface area contributed by atoms with Crippen molar-refractivity contribution in [1.82, 2.24) is 4.72 Å². The topological polar surface area (TPSA) is 70.0 Å². The highest BCUT2D eigenvalue weighted by Crippen LogP contribution is 2.19. The molecular weight excluding hydrogens is 292 g/mol. The molecule has 0 aliphatic rings. The second kappa shape index (κ2) is 6.18. The van der Waals surface area contributed by atoms with Crippen LogP contribution in [0.5, 0.6) is 0 Å². The van der Waals surface area contributed by atoms with Gasteiger partial charge in [-0.25, -0.2) is 13.1 Å². The van der Waals surface area contributed by atoms with Gasteiger partial charge >= 0.3 is 0 Å². The number of benzene rings is 1. The van der Waals surface area contributed by atoms with Crippen molar-refractivity contribution in [2.24, 2.45) is 0 Å². The molecule has 2 aromatic rings. The van der Waals surface area contributed by atoms with Gasteiger partial charge in [0, 0.05) is 11.4 Å². The van der Waals surface area contributed by atoms with Crippen molar-refractivity contribution in [3.63, 3.8) is 0 Å². The van der Waals surface area contributed by atoms with E-state index in [2.05, 4.69) is 4.72 Å². The van der Waals surface area contributed by atoms with E-state index >= 15 is 0 Å². The lowest BCUT2D eigenvalue weighted by molar-refractivity contribution is 0.581. The van der Waals surface area contributed by atoms with E-state index in [-0.39, 0.29) is 17.0 Å². The van der Waals surface area contributed by atoms with Gasteiger partial charge in [0.15, 0.2) is 0 Å². The predicted octanol–water partition coefficient (Wildman–Crippen LogP) is 2.66. The summed E-state index contributed by atoms with van der Waals surface area (Å²) < 4.78 is 27.1. The lowest BCUT2D eigenvalue weighted by Crippen LogP contribution is -2.24. The largest absolute Gasteiger partial charge is 0.242 e. The van der Waals surface area contributed by atoms with E-state index in [1.807, 2.05) is 24.4 Å². The summed E-state index contributed by atoms with van der Waals surface area (Å²) in [5.41, 5.74) is 1.30. The first kappa shape index (κ1) is 14.7. The van der Waals surface area contributed by atoms with Gasteiger partial charge in [0.2, 0.25) is 10.0 Å². The molecule has 0 aliphatic carbocycles. The molecule has 0 fully saturated rings. The fraction of sp³-hybridized carbons (Fsp3) is 0.214. The molecule has 1 heterocycles. The van der Waals surface area contributed by atoms with Gasteiger partial charge in [-0.2, -0.15) is 5.26 Å². The Bertz CT molecular complexity index is 743. The number of rotatable bonds is 5. The quantitative estimate of drug-likeness (QED) is 0.923. The minimum absolute atomic E-state index is 0.0251. The molecule has 0 saturated heterocycles. The summed E-state index contributed by atoms with van der Waals surface area (Å²) in [5.74, 6) is 0. The third-order valence-corrected chi connectivity index (χ3v) is 5.36. The fourth-order valence-electron chi connectivity index (χ4n) is 1.87. The van der Waals surface area contributed by atoms with E-state index in [0.717, 1.165) is 16.9 Å². The SMILES string of the molecule is CCc1ccsc1CNS(=O)(=O)c1ccccc1C#N. The van der Waals surface area contributed by atoms with Gasteiger partial charge < -0.3 is 0 Å². The monoisotopic (exact) mass is 306 g/mol. The van der Waals surface area contributed by atoms with Crippen LogP contribution >= 0.6 is 11.3 Å². The standard InChI is InChI=1S/C14H14N2O2S2/c1-2-11-7-8-19-13(11)10-16-20(17,18)14-6-4-3-5-12(14)9-15/h3-8,16H,2,10H2,1H3. The summed E-state index contributed by atoms with van der Waals surface area (Å²) in [6.45, 7) is 2.29. The lowest BCUT2D eigenvalue weighted by atomic mass is 10.2. The first-order valence-electron chi connectivity index (χ1n) is 6.12. The average Bonchev–Trinajstić information content (AvgIpc) is 2.92. The summed E-state index contributed by atoms with van der Waals surface area (Å²) >= 11 is 1.53. The van der Waals surface area contributed by atoms with Gasteiger partial charge in [-0.15, -0.1) is 11.3 Å². The summed E-state index contributed by atoms with van der Waals surface area (Å²) in [6, 6.07) is 10.1. The van der Waals surface area contributed by atoms with Crippen molar-refractivity contribution in [2.45, 2.75) is 24.8 Å². The number of hydrogen-bond donors (Lipinski definition) is 1. The zero-order valence-corrected chi connectivity index (χ0v) is 12.6. The predicted molar refractivity (Wildman–Crippen MR) is 78.9 cm³/mol. The first-order valence-corrected chi connectivity index (χ1v) is 8.48. The maximum atomic E-state index is 12.2. The van der Waals surface area contributed by atoms with Gasteiger partial charge in [-0.3, -0.25) is 0 Å². The van der Waals surface area contributed by atoms with E-state index < -0.39 is 10.0 Å². The smallest absolute Gasteiger partial charge is 0.207 e. The molecule has 0 bridgehead atoms. The van der Waals surface area contributed by atoms with Crippen molar-refractivity contribution < 1.29 is 8.42 Å². The molecule has 0 radical (unpaired) electrons. The van der Waals surface area contributed by atoms with Gasteiger partial charge in [-0.1, -0.05) is 19.1 Å². The van der Waals surface area contributed by atoms with Crippen LogP contribution in [0.15, 0.2) is 40.6 Å². The maximum absolute atomic E-state index is 12.2. The summed E-state index contributed by atoms with van der Waals surface area (Å²) in [6.07, 6.45) is 0.870. The second-order valence-electron chi connectivity index (χ2n) is 4.16. The fourth-order valence-corrected chi connectivity index (χ4v) is 4.03. The highest BCUT2D eigenvalue weighted by atomic mass is 32.2. The second-order valence-corrected chi connectivity index (χ2v) is 6.89. The van der Waals surface area contributed by atoms with Crippen LogP contribution in [0.25, 0.3) is 0 Å². The Morgan fingerprint density at radius 2 is 2.05 bits per heavy atom. The summed E-state index contributed by atoms with van der Waals surface area (Å²) in [4.78, 5) is 1.03. The molecule has 1 N–H and O–H groups in total. The van der Waals surface area contributed by atoms with E-state index in [4.69, 9.17) is 5.26 Å². The van der Waals surface area contributed by atoms with Crippen LogP contribution < -0.4 is 4.72 Å². The third-order valence-electron chi connectivity index (χ3n) is 2.94. The van der Waals surface area contributed by atoms with Crippen LogP contribution in [0.3, 0.4) is 0 Å². The van der Waals surface area contributed by atoms with E-state index in [1.54, 1.807) is 12.1 Å². The molecular formula is C14H14N2O2S2. The Balaban J connectivity index is 2.22. The molecule has 104 valence electrons. The molecule has 0 atom stereocenters. The van der Waals surface area contributed by atoms with Crippen LogP contribution in [0, 0.1) is 11.3 Å². The summed E-state index contributed by atoms with van der Waals surface area (Å²) in [5, 5.41) is 10.9. The van der Waals surface area contributed by atoms with Crippen molar-refractivity contribution in [3.05, 3.63) is 51.7 Å². The molecule has 0 amide bonds. The number of nitriles is 1. The minimum Gasteiger partial charge on any atom is -0.207 e. The number of hydrogen-bond acceptors (Lipinski definition) is 4. The van der Waals surface area contributed by atoms with Crippen molar-refractivity contribution in [2.75, 3.05) is 0 Å². The molecule has 0 unspecified atom stereocenters. The molecule has 0 saturated carbocycles. The molecule has 0 aliphatic heterocycles. The highest BCUT2D eigenvalue weighted by molar-refractivity contribution is 7.89. The molecule has 0 spiro atoms. The molecule has 1 aromatic heterocycles. The number of nitrogens with one attached hydrogen (secondary N) is 1. The van der Waals surface area contributed by atoms with Crippen molar-refractivity contribution in [1.29, 1.82) is 5.26 Å². The highest BCUT2D eigenvalue weighted by Gasteiger charge is 2.18. The van der Waals surface area contributed by atoms with Crippen molar-refractivity contribution in [3.8, 4) is 6.07 Å². The Labute approximate surface area is 122 Å². The normalized spacial score (nSPS) is 11.2. The van der Waals surface area contributed by atoms with Crippen LogP contribution in [0.1, 0.15) is 22.9 Å². The van der Waals surface area contributed by atoms with Crippen LogP contribution in [0.2, 0.25) is 0 Å². The number of thiophene rings is 1.